The van der Waals surface area contributed by atoms with E-state index in [0.717, 1.165) is 60.7 Å². The maximum atomic E-state index is 12.3. The average Bonchev–Trinajstić information content (AvgIpc) is 2.96. The number of aliphatic hydroxyl groups is 1. The first kappa shape index (κ1) is 19.0. The Morgan fingerprint density at radius 3 is 2.62 bits per heavy atom. The number of nitrogens with zero attached hydrogens (tertiary/aromatic N) is 4. The van der Waals surface area contributed by atoms with Gasteiger partial charge in [-0.15, -0.1) is 11.3 Å². The van der Waals surface area contributed by atoms with Crippen molar-refractivity contribution in [3.8, 4) is 0 Å². The molecule has 1 N–H and O–H groups in total. The number of thiophene rings is 1. The standard InChI is InChI=1S/C18H26N4O3S/c1-4-25-18(24)15-12(2)14-16(19-13(3)20-17(14)26-15)22-9-7-21(8-10-22)6-5-11-23/h23H,4-11H2,1-3H3. The van der Waals surface area contributed by atoms with E-state index in [9.17, 15) is 4.79 Å². The molecular weight excluding hydrogens is 352 g/mol. The number of ether oxygens (including phenoxy) is 1. The van der Waals surface area contributed by atoms with Crippen molar-refractivity contribution in [2.75, 3.05) is 50.8 Å². The van der Waals surface area contributed by atoms with E-state index in [1.165, 1.54) is 11.3 Å². The molecule has 0 radical (unpaired) electrons. The third-order valence-electron chi connectivity index (χ3n) is 4.65. The number of hydrogen-bond donors (Lipinski definition) is 1. The molecule has 0 amide bonds. The zero-order chi connectivity index (χ0) is 18.7. The zero-order valence-electron chi connectivity index (χ0n) is 15.6. The molecule has 0 spiro atoms. The molecule has 1 aliphatic heterocycles. The summed E-state index contributed by atoms with van der Waals surface area (Å²) in [5, 5.41) is 9.97. The number of aromatic nitrogens is 2. The molecule has 1 aliphatic rings. The van der Waals surface area contributed by atoms with Crippen LogP contribution in [0.4, 0.5) is 5.82 Å². The van der Waals surface area contributed by atoms with E-state index in [0.29, 0.717) is 17.3 Å². The van der Waals surface area contributed by atoms with E-state index >= 15 is 0 Å². The van der Waals surface area contributed by atoms with Crippen LogP contribution < -0.4 is 4.90 Å². The summed E-state index contributed by atoms with van der Waals surface area (Å²) in [5.41, 5.74) is 0.904. The first-order valence-corrected chi connectivity index (χ1v) is 9.89. The molecule has 7 nitrogen and oxygen atoms in total. The second-order valence-electron chi connectivity index (χ2n) is 6.46. The quantitative estimate of drug-likeness (QED) is 0.770. The van der Waals surface area contributed by atoms with Crippen molar-refractivity contribution in [2.45, 2.75) is 27.2 Å². The lowest BCUT2D eigenvalue weighted by molar-refractivity contribution is 0.0531. The minimum absolute atomic E-state index is 0.233. The number of carbonyl (C=O) groups excluding carboxylic acids is 1. The Labute approximate surface area is 157 Å². The molecule has 3 heterocycles. The van der Waals surface area contributed by atoms with Gasteiger partial charge in [0.15, 0.2) is 0 Å². The molecule has 3 rings (SSSR count). The van der Waals surface area contributed by atoms with E-state index in [4.69, 9.17) is 14.8 Å². The topological polar surface area (TPSA) is 78.8 Å². The Kier molecular flexibility index (Phi) is 6.05. The second kappa shape index (κ2) is 8.28. The predicted molar refractivity (Wildman–Crippen MR) is 103 cm³/mol. The van der Waals surface area contributed by atoms with Crippen LogP contribution in [0.15, 0.2) is 0 Å². The molecule has 142 valence electrons. The number of piperazine rings is 1. The maximum Gasteiger partial charge on any atom is 0.348 e. The van der Waals surface area contributed by atoms with Gasteiger partial charge < -0.3 is 14.7 Å². The van der Waals surface area contributed by atoms with Gasteiger partial charge in [0.2, 0.25) is 0 Å². The summed E-state index contributed by atoms with van der Waals surface area (Å²) in [5.74, 6) is 1.34. The van der Waals surface area contributed by atoms with Gasteiger partial charge in [-0.3, -0.25) is 4.90 Å². The van der Waals surface area contributed by atoms with Crippen molar-refractivity contribution in [1.82, 2.24) is 14.9 Å². The van der Waals surface area contributed by atoms with Gasteiger partial charge in [-0.05, 0) is 32.8 Å². The van der Waals surface area contributed by atoms with Crippen LogP contribution in [0, 0.1) is 13.8 Å². The third kappa shape index (κ3) is 3.82. The molecule has 0 atom stereocenters. The van der Waals surface area contributed by atoms with E-state index in [2.05, 4.69) is 14.8 Å². The Morgan fingerprint density at radius 1 is 1.23 bits per heavy atom. The van der Waals surface area contributed by atoms with Crippen LogP contribution in [0.25, 0.3) is 10.2 Å². The van der Waals surface area contributed by atoms with Crippen molar-refractivity contribution in [3.63, 3.8) is 0 Å². The lowest BCUT2D eigenvalue weighted by Crippen LogP contribution is -2.47. The minimum atomic E-state index is -0.287. The second-order valence-corrected chi connectivity index (χ2v) is 7.46. The highest BCUT2D eigenvalue weighted by atomic mass is 32.1. The van der Waals surface area contributed by atoms with Crippen LogP contribution in [0.5, 0.6) is 0 Å². The molecule has 0 aliphatic carbocycles. The summed E-state index contributed by atoms with van der Waals surface area (Å²) < 4.78 is 5.19. The summed E-state index contributed by atoms with van der Waals surface area (Å²) in [6.45, 7) is 10.8. The smallest absolute Gasteiger partial charge is 0.348 e. The van der Waals surface area contributed by atoms with Gasteiger partial charge >= 0.3 is 5.97 Å². The van der Waals surface area contributed by atoms with Gasteiger partial charge in [0, 0.05) is 39.3 Å². The molecule has 0 unspecified atom stereocenters. The van der Waals surface area contributed by atoms with Crippen molar-refractivity contribution < 1.29 is 14.6 Å². The fourth-order valence-corrected chi connectivity index (χ4v) is 4.43. The van der Waals surface area contributed by atoms with Crippen LogP contribution in [0.3, 0.4) is 0 Å². The summed E-state index contributed by atoms with van der Waals surface area (Å²) in [6.07, 6.45) is 0.809. The number of hydrogen-bond acceptors (Lipinski definition) is 8. The van der Waals surface area contributed by atoms with Gasteiger partial charge in [-0.25, -0.2) is 14.8 Å². The number of carbonyl (C=O) groups is 1. The molecule has 0 aromatic carbocycles. The van der Waals surface area contributed by atoms with E-state index in [1.54, 1.807) is 0 Å². The minimum Gasteiger partial charge on any atom is -0.462 e. The molecule has 0 saturated carbocycles. The SMILES string of the molecule is CCOC(=O)c1sc2nc(C)nc(N3CCN(CCCO)CC3)c2c1C. The summed E-state index contributed by atoms with van der Waals surface area (Å²) in [4.78, 5) is 27.6. The number of rotatable bonds is 6. The van der Waals surface area contributed by atoms with Crippen LogP contribution in [0.1, 0.15) is 34.4 Å². The number of fused-ring (bicyclic) bond motifs is 1. The van der Waals surface area contributed by atoms with E-state index in [-0.39, 0.29) is 12.6 Å². The predicted octanol–water partition coefficient (Wildman–Crippen LogP) is 1.99. The van der Waals surface area contributed by atoms with Crippen LogP contribution in [0.2, 0.25) is 0 Å². The molecule has 0 bridgehead atoms. The summed E-state index contributed by atoms with van der Waals surface area (Å²) in [7, 11) is 0. The van der Waals surface area contributed by atoms with Crippen molar-refractivity contribution in [1.29, 1.82) is 0 Å². The van der Waals surface area contributed by atoms with Crippen molar-refractivity contribution >= 4 is 33.3 Å². The molecule has 1 saturated heterocycles. The van der Waals surface area contributed by atoms with Crippen LogP contribution in [-0.4, -0.2) is 71.9 Å². The zero-order valence-corrected chi connectivity index (χ0v) is 16.4. The van der Waals surface area contributed by atoms with Gasteiger partial charge in [0.05, 0.1) is 12.0 Å². The Balaban J connectivity index is 1.90. The first-order chi connectivity index (χ1) is 12.5. The van der Waals surface area contributed by atoms with Gasteiger partial charge in [-0.1, -0.05) is 0 Å². The van der Waals surface area contributed by atoms with Crippen molar-refractivity contribution in [3.05, 3.63) is 16.3 Å². The van der Waals surface area contributed by atoms with Crippen LogP contribution in [-0.2, 0) is 4.74 Å². The maximum absolute atomic E-state index is 12.3. The molecule has 1 fully saturated rings. The molecule has 8 heteroatoms. The highest BCUT2D eigenvalue weighted by Crippen LogP contribution is 2.36. The Morgan fingerprint density at radius 2 is 1.96 bits per heavy atom. The fourth-order valence-electron chi connectivity index (χ4n) is 3.32. The number of aliphatic hydroxyl groups excluding tert-OH is 1. The normalized spacial score (nSPS) is 15.6. The number of esters is 1. The lowest BCUT2D eigenvalue weighted by Gasteiger charge is -2.35. The monoisotopic (exact) mass is 378 g/mol. The molecular formula is C18H26N4O3S. The summed E-state index contributed by atoms with van der Waals surface area (Å²) >= 11 is 1.39. The Bertz CT molecular complexity index is 784. The number of aryl methyl sites for hydroxylation is 2. The van der Waals surface area contributed by atoms with Gasteiger partial charge in [-0.2, -0.15) is 0 Å². The summed E-state index contributed by atoms with van der Waals surface area (Å²) in [6, 6.07) is 0. The van der Waals surface area contributed by atoms with Gasteiger partial charge in [0.25, 0.3) is 0 Å². The highest BCUT2D eigenvalue weighted by molar-refractivity contribution is 7.20. The largest absolute Gasteiger partial charge is 0.462 e. The van der Waals surface area contributed by atoms with E-state index in [1.807, 2.05) is 20.8 Å². The molecule has 2 aromatic heterocycles. The molecule has 26 heavy (non-hydrogen) atoms. The van der Waals surface area contributed by atoms with Crippen LogP contribution >= 0.6 is 11.3 Å². The highest BCUT2D eigenvalue weighted by Gasteiger charge is 2.25. The van der Waals surface area contributed by atoms with Gasteiger partial charge in [0.1, 0.15) is 21.3 Å². The molecule has 2 aromatic rings. The average molecular weight is 378 g/mol. The first-order valence-electron chi connectivity index (χ1n) is 9.08. The fraction of sp³-hybridized carbons (Fsp3) is 0.611. The van der Waals surface area contributed by atoms with Crippen molar-refractivity contribution in [2.24, 2.45) is 0 Å². The third-order valence-corrected chi connectivity index (χ3v) is 5.81. The van der Waals surface area contributed by atoms with E-state index < -0.39 is 0 Å². The number of anilines is 1. The lowest BCUT2D eigenvalue weighted by atomic mass is 10.1. The Hall–Kier alpha value is -1.77.